The van der Waals surface area contributed by atoms with E-state index in [1.165, 1.54) is 0 Å². The van der Waals surface area contributed by atoms with Gasteiger partial charge in [0.2, 0.25) is 5.78 Å². The van der Waals surface area contributed by atoms with Crippen LogP contribution in [0.25, 0.3) is 11.1 Å². The summed E-state index contributed by atoms with van der Waals surface area (Å²) in [5.41, 5.74) is 2.17. The summed E-state index contributed by atoms with van der Waals surface area (Å²) in [6.45, 7) is 0. The molecule has 0 bridgehead atoms. The Balaban J connectivity index is 2.34. The minimum absolute atomic E-state index is 0.229. The van der Waals surface area contributed by atoms with Gasteiger partial charge >= 0.3 is 0 Å². The number of Topliss-reactive ketones (excluding diaryl/α,β-unsaturated/α-hetero) is 1. The molecule has 0 unspecified atom stereocenters. The largest absolute Gasteiger partial charge is 0.290 e. The summed E-state index contributed by atoms with van der Waals surface area (Å²) < 4.78 is 21.0. The molecule has 3 nitrogen and oxygen atoms in total. The zero-order chi connectivity index (χ0) is 15.7. The second-order valence-electron chi connectivity index (χ2n) is 4.56. The Bertz CT molecular complexity index is 753. The quantitative estimate of drug-likeness (QED) is 0.591. The molecular weight excluding hydrogens is 376 g/mol. The number of carbonyl (C=O) groups excluding carboxylic acids is 1. The molecule has 110 valence electrons. The fourth-order valence-corrected chi connectivity index (χ4v) is 2.57. The number of ketones is 1. The minimum atomic E-state index is -3.78. The van der Waals surface area contributed by atoms with Crippen LogP contribution in [0.3, 0.4) is 0 Å². The van der Waals surface area contributed by atoms with Gasteiger partial charge in [0.25, 0.3) is 3.12 Å². The van der Waals surface area contributed by atoms with E-state index in [-0.39, 0.29) is 5.56 Å². The molecule has 0 aromatic heterocycles. The zero-order valence-corrected chi connectivity index (χ0v) is 14.2. The van der Waals surface area contributed by atoms with Crippen molar-refractivity contribution >= 4 is 43.2 Å². The molecule has 2 aromatic rings. The average Bonchev–Trinajstić information content (AvgIpc) is 2.46. The number of hydrogen-bond acceptors (Lipinski definition) is 3. The lowest BCUT2D eigenvalue weighted by molar-refractivity contribution is 0.1000. The van der Waals surface area contributed by atoms with Crippen LogP contribution in [0.15, 0.2) is 54.6 Å². The van der Waals surface area contributed by atoms with Gasteiger partial charge in [-0.3, -0.25) is 4.79 Å². The summed E-state index contributed by atoms with van der Waals surface area (Å²) >= 11 is 8.63. The molecule has 0 heterocycles. The van der Waals surface area contributed by atoms with E-state index in [9.17, 15) is 13.2 Å². The molecule has 2 aromatic carbocycles. The second kappa shape index (κ2) is 5.91. The summed E-state index contributed by atoms with van der Waals surface area (Å²) in [6.07, 6.45) is 0.908. The lowest BCUT2D eigenvalue weighted by Gasteiger charge is -2.16. The summed E-state index contributed by atoms with van der Waals surface area (Å²) in [5.74, 6) is -0.703. The highest BCUT2D eigenvalue weighted by molar-refractivity contribution is 9.12. The molecule has 0 radical (unpaired) electrons. The van der Waals surface area contributed by atoms with Crippen molar-refractivity contribution in [1.29, 1.82) is 0 Å². The number of carbonyl (C=O) groups is 1. The first kappa shape index (κ1) is 16.2. The number of rotatable bonds is 4. The maximum atomic E-state index is 12.2. The molecule has 0 fully saturated rings. The van der Waals surface area contributed by atoms with E-state index in [0.29, 0.717) is 0 Å². The van der Waals surface area contributed by atoms with E-state index in [4.69, 9.17) is 11.6 Å². The number of alkyl halides is 2. The van der Waals surface area contributed by atoms with Crippen LogP contribution in [0, 0.1) is 0 Å². The first-order chi connectivity index (χ1) is 9.73. The van der Waals surface area contributed by atoms with Crippen LogP contribution >= 0.6 is 27.5 Å². The molecular formula is C15H12BrClO3S. The van der Waals surface area contributed by atoms with Gasteiger partial charge in [0.1, 0.15) is 0 Å². The summed E-state index contributed by atoms with van der Waals surface area (Å²) in [4.78, 5) is 12.2. The Morgan fingerprint density at radius 3 is 1.95 bits per heavy atom. The number of hydrogen-bond donors (Lipinski definition) is 0. The van der Waals surface area contributed by atoms with Gasteiger partial charge in [0.15, 0.2) is 9.84 Å². The molecule has 21 heavy (non-hydrogen) atoms. The first-order valence-electron chi connectivity index (χ1n) is 6.01. The Labute approximate surface area is 137 Å². The molecule has 0 amide bonds. The van der Waals surface area contributed by atoms with Crippen LogP contribution in [-0.4, -0.2) is 23.6 Å². The fourth-order valence-electron chi connectivity index (χ4n) is 1.78. The van der Waals surface area contributed by atoms with Crippen molar-refractivity contribution < 1.29 is 13.2 Å². The maximum Gasteiger partial charge on any atom is 0.261 e. The second-order valence-corrected chi connectivity index (χ2v) is 9.68. The predicted molar refractivity (Wildman–Crippen MR) is 88.6 cm³/mol. The molecule has 0 N–H and O–H groups in total. The van der Waals surface area contributed by atoms with E-state index >= 15 is 0 Å². The van der Waals surface area contributed by atoms with Crippen molar-refractivity contribution in [3.63, 3.8) is 0 Å². The van der Waals surface area contributed by atoms with Gasteiger partial charge in [-0.1, -0.05) is 66.2 Å². The van der Waals surface area contributed by atoms with Crippen LogP contribution in [0.4, 0.5) is 0 Å². The maximum absolute atomic E-state index is 12.2. The molecule has 1 atom stereocenters. The van der Waals surface area contributed by atoms with Crippen LogP contribution < -0.4 is 0 Å². The van der Waals surface area contributed by atoms with Crippen LogP contribution in [0.1, 0.15) is 10.4 Å². The highest BCUT2D eigenvalue weighted by Gasteiger charge is 2.44. The van der Waals surface area contributed by atoms with Crippen molar-refractivity contribution in [2.75, 3.05) is 6.26 Å². The highest BCUT2D eigenvalue weighted by atomic mass is 79.9. The lowest BCUT2D eigenvalue weighted by Crippen LogP contribution is -2.34. The number of benzene rings is 2. The third-order valence-electron chi connectivity index (χ3n) is 2.98. The molecule has 2 rings (SSSR count). The molecule has 0 spiro atoms. The SMILES string of the molecule is CS(=O)(=O)[C@@](Cl)(Br)C(=O)c1ccc(-c2ccccc2)cc1. The Kier molecular flexibility index (Phi) is 4.56. The lowest BCUT2D eigenvalue weighted by atomic mass is 10.0. The molecule has 6 heteroatoms. The standard InChI is InChI=1S/C15H12BrClO3S/c1-21(19,20)15(16,17)14(18)13-9-7-12(8-10-13)11-5-3-2-4-6-11/h2-10H,1H3/t15-/m1/s1. The van der Waals surface area contributed by atoms with Gasteiger partial charge in [0, 0.05) is 11.8 Å². The third-order valence-corrected chi connectivity index (χ3v) is 7.24. The smallest absolute Gasteiger partial charge is 0.261 e. The van der Waals surface area contributed by atoms with Crippen molar-refractivity contribution in [2.45, 2.75) is 3.12 Å². The van der Waals surface area contributed by atoms with Crippen LogP contribution in [-0.2, 0) is 9.84 Å². The molecule has 0 saturated heterocycles. The van der Waals surface area contributed by atoms with Gasteiger partial charge in [-0.15, -0.1) is 0 Å². The normalized spacial score (nSPS) is 14.4. The predicted octanol–water partition coefficient (Wildman–Crippen LogP) is 3.87. The Morgan fingerprint density at radius 1 is 1.00 bits per heavy atom. The van der Waals surface area contributed by atoms with Crippen molar-refractivity contribution in [3.05, 3.63) is 60.2 Å². The monoisotopic (exact) mass is 386 g/mol. The van der Waals surface area contributed by atoms with E-state index in [1.54, 1.807) is 24.3 Å². The Morgan fingerprint density at radius 2 is 1.48 bits per heavy atom. The molecule has 0 aliphatic heterocycles. The van der Waals surface area contributed by atoms with E-state index in [1.807, 2.05) is 30.3 Å². The summed E-state index contributed by atoms with van der Waals surface area (Å²) in [7, 11) is -3.78. The van der Waals surface area contributed by atoms with Crippen LogP contribution in [0.5, 0.6) is 0 Å². The van der Waals surface area contributed by atoms with Crippen molar-refractivity contribution in [3.8, 4) is 11.1 Å². The average molecular weight is 388 g/mol. The number of halogens is 2. The van der Waals surface area contributed by atoms with Gasteiger partial charge < -0.3 is 0 Å². The van der Waals surface area contributed by atoms with E-state index in [2.05, 4.69) is 15.9 Å². The van der Waals surface area contributed by atoms with Gasteiger partial charge in [0.05, 0.1) is 0 Å². The zero-order valence-electron chi connectivity index (χ0n) is 11.1. The van der Waals surface area contributed by atoms with E-state index < -0.39 is 18.7 Å². The van der Waals surface area contributed by atoms with Crippen LogP contribution in [0.2, 0.25) is 0 Å². The van der Waals surface area contributed by atoms with Gasteiger partial charge in [-0.25, -0.2) is 8.42 Å². The molecule has 0 aliphatic carbocycles. The summed E-state index contributed by atoms with van der Waals surface area (Å²) in [5, 5.41) is 0. The van der Waals surface area contributed by atoms with Gasteiger partial charge in [-0.2, -0.15) is 0 Å². The first-order valence-corrected chi connectivity index (χ1v) is 9.07. The van der Waals surface area contributed by atoms with Gasteiger partial charge in [-0.05, 0) is 27.1 Å². The van der Waals surface area contributed by atoms with E-state index in [0.717, 1.165) is 17.4 Å². The number of sulfone groups is 1. The molecule has 0 aliphatic rings. The Hall–Kier alpha value is -1.17. The topological polar surface area (TPSA) is 51.2 Å². The fraction of sp³-hybridized carbons (Fsp3) is 0.133. The highest BCUT2D eigenvalue weighted by Crippen LogP contribution is 2.34. The van der Waals surface area contributed by atoms with Crippen molar-refractivity contribution in [2.24, 2.45) is 0 Å². The third kappa shape index (κ3) is 3.36. The minimum Gasteiger partial charge on any atom is -0.290 e. The molecule has 0 saturated carbocycles. The van der Waals surface area contributed by atoms with Crippen molar-refractivity contribution in [1.82, 2.24) is 0 Å². The summed E-state index contributed by atoms with van der Waals surface area (Å²) in [6, 6.07) is 16.3.